The molecular formula is C12H9BrClNO2. The summed E-state index contributed by atoms with van der Waals surface area (Å²) in [6.45, 7) is 1.60. The van der Waals surface area contributed by atoms with E-state index in [1.54, 1.807) is 18.5 Å². The van der Waals surface area contributed by atoms with Gasteiger partial charge < -0.3 is 4.74 Å². The zero-order chi connectivity index (χ0) is 12.4. The summed E-state index contributed by atoms with van der Waals surface area (Å²) in [5.74, 6) is -0.310. The summed E-state index contributed by atoms with van der Waals surface area (Å²) >= 11 is 9.56. The molecule has 0 radical (unpaired) electrons. The molecule has 88 valence electrons. The molecule has 1 aromatic heterocycles. The number of rotatable bonds is 2. The highest BCUT2D eigenvalue weighted by Crippen LogP contribution is 2.30. The summed E-state index contributed by atoms with van der Waals surface area (Å²) in [5, 5.41) is 2.42. The van der Waals surface area contributed by atoms with E-state index in [2.05, 4.69) is 20.9 Å². The molecule has 17 heavy (non-hydrogen) atoms. The van der Waals surface area contributed by atoms with Crippen LogP contribution in [0.15, 0.2) is 29.0 Å². The van der Waals surface area contributed by atoms with Crippen molar-refractivity contribution in [2.24, 2.45) is 0 Å². The molecule has 0 unspecified atom stereocenters. The van der Waals surface area contributed by atoms with Crippen LogP contribution >= 0.6 is 27.5 Å². The summed E-state index contributed by atoms with van der Waals surface area (Å²) in [6.07, 6.45) is 3.41. The Morgan fingerprint density at radius 1 is 1.41 bits per heavy atom. The Bertz CT molecular complexity index is 586. The van der Waals surface area contributed by atoms with Crippen LogP contribution in [0.1, 0.15) is 12.5 Å². The van der Waals surface area contributed by atoms with Gasteiger partial charge in [0, 0.05) is 34.6 Å². The van der Waals surface area contributed by atoms with Gasteiger partial charge in [0.25, 0.3) is 0 Å². The molecule has 0 amide bonds. The number of carbonyl (C=O) groups excluding carboxylic acids is 1. The summed E-state index contributed by atoms with van der Waals surface area (Å²) in [7, 11) is 0. The molecular weight excluding hydrogens is 305 g/mol. The smallest absolute Gasteiger partial charge is 0.302 e. The molecule has 0 aliphatic rings. The fourth-order valence-corrected chi connectivity index (χ4v) is 2.25. The number of fused-ring (bicyclic) bond motifs is 1. The monoisotopic (exact) mass is 313 g/mol. The Morgan fingerprint density at radius 2 is 2.18 bits per heavy atom. The third kappa shape index (κ3) is 2.76. The second-order valence-corrected chi connectivity index (χ2v) is 4.84. The van der Waals surface area contributed by atoms with Gasteiger partial charge in [-0.1, -0.05) is 11.6 Å². The number of nitrogens with zero attached hydrogens (tertiary/aromatic N) is 1. The van der Waals surface area contributed by atoms with Gasteiger partial charge in [0.2, 0.25) is 0 Å². The molecule has 2 aromatic rings. The van der Waals surface area contributed by atoms with Gasteiger partial charge in [0.1, 0.15) is 6.61 Å². The number of aromatic nitrogens is 1. The lowest BCUT2D eigenvalue weighted by atomic mass is 10.1. The van der Waals surface area contributed by atoms with Crippen molar-refractivity contribution in [3.63, 3.8) is 0 Å². The highest BCUT2D eigenvalue weighted by atomic mass is 79.9. The van der Waals surface area contributed by atoms with Crippen molar-refractivity contribution in [1.29, 1.82) is 0 Å². The predicted molar refractivity (Wildman–Crippen MR) is 69.9 cm³/mol. The number of pyridine rings is 1. The highest BCUT2D eigenvalue weighted by Gasteiger charge is 2.06. The Balaban J connectivity index is 2.46. The molecule has 2 rings (SSSR count). The van der Waals surface area contributed by atoms with Crippen LogP contribution in [0.2, 0.25) is 5.02 Å². The van der Waals surface area contributed by atoms with Crippen molar-refractivity contribution in [3.05, 3.63) is 39.6 Å². The molecule has 0 spiro atoms. The van der Waals surface area contributed by atoms with Crippen molar-refractivity contribution in [2.45, 2.75) is 13.5 Å². The van der Waals surface area contributed by atoms with E-state index in [1.165, 1.54) is 6.92 Å². The van der Waals surface area contributed by atoms with Gasteiger partial charge in [0.05, 0.1) is 5.02 Å². The maximum Gasteiger partial charge on any atom is 0.302 e. The molecule has 0 aliphatic heterocycles. The average Bonchev–Trinajstić information content (AvgIpc) is 2.28. The molecule has 0 N–H and O–H groups in total. The first-order chi connectivity index (χ1) is 8.08. The van der Waals surface area contributed by atoms with Gasteiger partial charge in [-0.3, -0.25) is 9.78 Å². The number of hydrogen-bond donors (Lipinski definition) is 0. The van der Waals surface area contributed by atoms with Gasteiger partial charge in [0.15, 0.2) is 0 Å². The van der Waals surface area contributed by atoms with E-state index < -0.39 is 0 Å². The van der Waals surface area contributed by atoms with Crippen LogP contribution < -0.4 is 0 Å². The topological polar surface area (TPSA) is 39.2 Å². The zero-order valence-corrected chi connectivity index (χ0v) is 11.4. The van der Waals surface area contributed by atoms with Crippen LogP contribution in [0.3, 0.4) is 0 Å². The predicted octanol–water partition coefficient (Wildman–Crippen LogP) is 3.71. The fraction of sp³-hybridized carbons (Fsp3) is 0.167. The standard InChI is InChI=1S/C12H9BrClNO2/c1-7(16)17-6-8-2-9-10(12(14)3-8)4-15-5-11(9)13/h2-5H,6H2,1H3. The van der Waals surface area contributed by atoms with Crippen LogP contribution in [-0.4, -0.2) is 11.0 Å². The van der Waals surface area contributed by atoms with Crippen LogP contribution in [0, 0.1) is 0 Å². The van der Waals surface area contributed by atoms with Gasteiger partial charge in [-0.2, -0.15) is 0 Å². The Kier molecular flexibility index (Phi) is 3.64. The maximum absolute atomic E-state index is 10.8. The molecule has 0 atom stereocenters. The maximum atomic E-state index is 10.8. The zero-order valence-electron chi connectivity index (χ0n) is 9.04. The number of esters is 1. The summed E-state index contributed by atoms with van der Waals surface area (Å²) in [6, 6.07) is 3.71. The molecule has 0 saturated heterocycles. The van der Waals surface area contributed by atoms with Crippen LogP contribution in [0.5, 0.6) is 0 Å². The average molecular weight is 315 g/mol. The minimum Gasteiger partial charge on any atom is -0.461 e. The number of halogens is 2. The third-order valence-electron chi connectivity index (χ3n) is 2.28. The van der Waals surface area contributed by atoms with Gasteiger partial charge >= 0.3 is 5.97 Å². The lowest BCUT2D eigenvalue weighted by Crippen LogP contribution is -1.99. The number of carbonyl (C=O) groups is 1. The Morgan fingerprint density at radius 3 is 2.88 bits per heavy atom. The van der Waals surface area contributed by atoms with Crippen LogP contribution in [0.25, 0.3) is 10.8 Å². The molecule has 0 fully saturated rings. The quantitative estimate of drug-likeness (QED) is 0.793. The minimum absolute atomic E-state index is 0.222. The SMILES string of the molecule is CC(=O)OCc1cc(Cl)c2cncc(Br)c2c1. The lowest BCUT2D eigenvalue weighted by Gasteiger charge is -2.07. The molecule has 3 nitrogen and oxygen atoms in total. The first-order valence-electron chi connectivity index (χ1n) is 4.93. The largest absolute Gasteiger partial charge is 0.461 e. The van der Waals surface area contributed by atoms with E-state index in [-0.39, 0.29) is 12.6 Å². The molecule has 5 heteroatoms. The third-order valence-corrected chi connectivity index (χ3v) is 3.22. The second kappa shape index (κ2) is 5.02. The van der Waals surface area contributed by atoms with E-state index >= 15 is 0 Å². The highest BCUT2D eigenvalue weighted by molar-refractivity contribution is 9.10. The fourth-order valence-electron chi connectivity index (χ4n) is 1.52. The van der Waals surface area contributed by atoms with E-state index in [0.29, 0.717) is 5.02 Å². The molecule has 0 aliphatic carbocycles. The Hall–Kier alpha value is -1.13. The minimum atomic E-state index is -0.310. The summed E-state index contributed by atoms with van der Waals surface area (Å²) in [5.41, 5.74) is 0.851. The molecule has 0 bridgehead atoms. The first kappa shape index (κ1) is 12.3. The van der Waals surface area contributed by atoms with E-state index in [4.69, 9.17) is 16.3 Å². The lowest BCUT2D eigenvalue weighted by molar-refractivity contribution is -0.142. The van der Waals surface area contributed by atoms with Crippen molar-refractivity contribution in [3.8, 4) is 0 Å². The van der Waals surface area contributed by atoms with E-state index in [9.17, 15) is 4.79 Å². The molecule has 1 heterocycles. The number of ether oxygens (including phenoxy) is 1. The van der Waals surface area contributed by atoms with Gasteiger partial charge in [-0.05, 0) is 33.6 Å². The summed E-state index contributed by atoms with van der Waals surface area (Å²) in [4.78, 5) is 14.8. The van der Waals surface area contributed by atoms with E-state index in [1.807, 2.05) is 6.07 Å². The van der Waals surface area contributed by atoms with Crippen LogP contribution in [0.4, 0.5) is 0 Å². The first-order valence-corrected chi connectivity index (χ1v) is 6.10. The van der Waals surface area contributed by atoms with Crippen molar-refractivity contribution < 1.29 is 9.53 Å². The second-order valence-electron chi connectivity index (χ2n) is 3.57. The molecule has 1 aromatic carbocycles. The van der Waals surface area contributed by atoms with Crippen LogP contribution in [-0.2, 0) is 16.1 Å². The summed E-state index contributed by atoms with van der Waals surface area (Å²) < 4.78 is 5.81. The number of benzene rings is 1. The van der Waals surface area contributed by atoms with Crippen molar-refractivity contribution >= 4 is 44.3 Å². The van der Waals surface area contributed by atoms with Gasteiger partial charge in [-0.25, -0.2) is 0 Å². The van der Waals surface area contributed by atoms with Crippen molar-refractivity contribution in [1.82, 2.24) is 4.98 Å². The normalized spacial score (nSPS) is 10.5. The number of hydrogen-bond acceptors (Lipinski definition) is 3. The Labute approximate surface area is 112 Å². The van der Waals surface area contributed by atoms with Gasteiger partial charge in [-0.15, -0.1) is 0 Å². The molecule has 0 saturated carbocycles. The van der Waals surface area contributed by atoms with Crippen molar-refractivity contribution in [2.75, 3.05) is 0 Å². The van der Waals surface area contributed by atoms with E-state index in [0.717, 1.165) is 20.8 Å².